The zero-order valence-corrected chi connectivity index (χ0v) is 32.6. The fraction of sp³-hybridized carbons (Fsp3) is 0.231. The van der Waals surface area contributed by atoms with E-state index in [0.717, 1.165) is 20.1 Å². The molecule has 4 aromatic carbocycles. The van der Waals surface area contributed by atoms with Gasteiger partial charge in [0.2, 0.25) is 0 Å². The number of halogens is 2. The lowest BCUT2D eigenvalue weighted by Gasteiger charge is -2.18. The molecule has 2 aromatic heterocycles. The van der Waals surface area contributed by atoms with Crippen LogP contribution in [0.5, 0.6) is 11.5 Å². The van der Waals surface area contributed by atoms with E-state index in [-0.39, 0.29) is 29.1 Å². The molecule has 0 amide bonds. The van der Waals surface area contributed by atoms with E-state index in [2.05, 4.69) is 65.4 Å². The second-order valence-electron chi connectivity index (χ2n) is 13.1. The first kappa shape index (κ1) is 37.4. The van der Waals surface area contributed by atoms with Crippen molar-refractivity contribution < 1.29 is 29.3 Å². The molecule has 2 N–H and O–H groups in total. The van der Waals surface area contributed by atoms with Gasteiger partial charge in [-0.25, -0.2) is 9.59 Å². The molecule has 0 aliphatic heterocycles. The first-order valence-electron chi connectivity index (χ1n) is 16.6. The summed E-state index contributed by atoms with van der Waals surface area (Å²) in [5, 5.41) is 42.1. The highest BCUT2D eigenvalue weighted by atomic mass is 79.9. The Balaban J connectivity index is 1.46. The molecule has 2 atom stereocenters. The number of aromatic hydroxyl groups is 2. The third kappa shape index (κ3) is 8.50. The van der Waals surface area contributed by atoms with Gasteiger partial charge in [0.15, 0.2) is 0 Å². The van der Waals surface area contributed by atoms with Crippen LogP contribution in [0.1, 0.15) is 49.9 Å². The lowest BCUT2D eigenvalue weighted by molar-refractivity contribution is -0.144. The van der Waals surface area contributed by atoms with E-state index in [9.17, 15) is 19.8 Å². The molecule has 2 heterocycles. The second kappa shape index (κ2) is 15.3. The first-order valence-corrected chi connectivity index (χ1v) is 18.2. The summed E-state index contributed by atoms with van der Waals surface area (Å²) >= 11 is 6.94. The van der Waals surface area contributed by atoms with E-state index in [0.29, 0.717) is 57.4 Å². The van der Waals surface area contributed by atoms with Crippen LogP contribution in [-0.2, 0) is 38.3 Å². The van der Waals surface area contributed by atoms with Gasteiger partial charge in [-0.15, -0.1) is 30.0 Å². The quantitative estimate of drug-likeness (QED) is 0.0922. The minimum absolute atomic E-state index is 0.0535. The third-order valence-electron chi connectivity index (χ3n) is 8.31. The van der Waals surface area contributed by atoms with Crippen molar-refractivity contribution >= 4 is 65.9 Å². The fourth-order valence-electron chi connectivity index (χ4n) is 5.80. The molecule has 12 nitrogen and oxygen atoms in total. The van der Waals surface area contributed by atoms with Gasteiger partial charge in [-0.1, -0.05) is 57.2 Å². The van der Waals surface area contributed by atoms with Crippen molar-refractivity contribution in [1.82, 2.24) is 30.0 Å². The number of hydrogen-bond acceptors (Lipinski definition) is 10. The van der Waals surface area contributed by atoms with Gasteiger partial charge in [0.05, 0.1) is 0 Å². The summed E-state index contributed by atoms with van der Waals surface area (Å²) in [6.45, 7) is 14.1. The van der Waals surface area contributed by atoms with Crippen LogP contribution in [0.15, 0.2) is 93.9 Å². The third-order valence-corrected chi connectivity index (χ3v) is 9.30. The van der Waals surface area contributed by atoms with Gasteiger partial charge < -0.3 is 19.7 Å². The van der Waals surface area contributed by atoms with Crippen LogP contribution in [0.3, 0.4) is 0 Å². The Morgan fingerprint density at radius 2 is 1.04 bits per heavy atom. The van der Waals surface area contributed by atoms with Crippen LogP contribution < -0.4 is 0 Å². The van der Waals surface area contributed by atoms with Gasteiger partial charge in [0, 0.05) is 50.5 Å². The summed E-state index contributed by atoms with van der Waals surface area (Å²) in [5.74, 6) is -1.23. The molecule has 0 saturated carbocycles. The van der Waals surface area contributed by atoms with Crippen LogP contribution in [0, 0.1) is 0 Å². The van der Waals surface area contributed by atoms with Crippen LogP contribution in [-0.4, -0.2) is 64.3 Å². The van der Waals surface area contributed by atoms with Crippen molar-refractivity contribution in [3.8, 4) is 22.9 Å². The van der Waals surface area contributed by atoms with Gasteiger partial charge in [0.25, 0.3) is 0 Å². The predicted molar refractivity (Wildman–Crippen MR) is 207 cm³/mol. The first-order chi connectivity index (χ1) is 25.1. The molecule has 53 heavy (non-hydrogen) atoms. The molecule has 0 spiro atoms. The molecule has 272 valence electrons. The summed E-state index contributed by atoms with van der Waals surface area (Å²) in [6.07, 6.45) is -0.409. The van der Waals surface area contributed by atoms with Crippen LogP contribution in [0.2, 0.25) is 0 Å². The number of hydrogen-bond donors (Lipinski definition) is 2. The van der Waals surface area contributed by atoms with E-state index in [1.54, 1.807) is 52.0 Å². The second-order valence-corrected chi connectivity index (χ2v) is 14.9. The SMILES string of the molecule is C=C(C)C(=O)OC(C)Cc1cc(Cc2cc(CC(C)OC(=O)C(=C)C)cc(-n3nc4ccc(Br)cc4n3)c2O)c(O)c(-n2nc3ccc(Br)cc3n2)c1. The Bertz CT molecular complexity index is 2270. The molecular weight excluding hydrogens is 808 g/mol. The molecule has 14 heteroatoms. The average molecular weight is 845 g/mol. The Hall–Kier alpha value is -5.34. The number of carbonyl (C=O) groups is 2. The number of phenols is 2. The maximum Gasteiger partial charge on any atom is 0.333 e. The molecule has 0 radical (unpaired) electrons. The molecule has 0 fully saturated rings. The number of esters is 2. The molecular formula is C39H36Br2N6O6. The lowest BCUT2D eigenvalue weighted by atomic mass is 9.95. The normalized spacial score (nSPS) is 12.5. The molecule has 0 aliphatic rings. The van der Waals surface area contributed by atoms with Crippen molar-refractivity contribution in [3.63, 3.8) is 0 Å². The Morgan fingerprint density at radius 3 is 1.42 bits per heavy atom. The zero-order valence-electron chi connectivity index (χ0n) is 29.4. The number of phenolic OH excluding ortho intramolecular Hbond substituents is 2. The van der Waals surface area contributed by atoms with E-state index in [1.807, 2.05) is 36.4 Å². The van der Waals surface area contributed by atoms with Gasteiger partial charge in [-0.3, -0.25) is 0 Å². The zero-order chi connectivity index (χ0) is 38.1. The number of ether oxygens (including phenoxy) is 2. The number of aromatic nitrogens is 6. The summed E-state index contributed by atoms with van der Waals surface area (Å²) in [6, 6.07) is 18.1. The summed E-state index contributed by atoms with van der Waals surface area (Å²) < 4.78 is 12.8. The van der Waals surface area contributed by atoms with E-state index in [4.69, 9.17) is 9.47 Å². The van der Waals surface area contributed by atoms with E-state index >= 15 is 0 Å². The number of benzene rings is 4. The van der Waals surface area contributed by atoms with Crippen molar-refractivity contribution in [2.75, 3.05) is 0 Å². The summed E-state index contributed by atoms with van der Waals surface area (Å²) in [7, 11) is 0. The number of rotatable bonds is 12. The summed E-state index contributed by atoms with van der Waals surface area (Å²) in [5.41, 5.74) is 5.94. The number of nitrogens with zero attached hydrogens (tertiary/aromatic N) is 6. The minimum Gasteiger partial charge on any atom is -0.505 e. The van der Waals surface area contributed by atoms with Crippen molar-refractivity contribution in [3.05, 3.63) is 116 Å². The average Bonchev–Trinajstić information content (AvgIpc) is 3.70. The highest BCUT2D eigenvalue weighted by Crippen LogP contribution is 2.36. The molecule has 0 bridgehead atoms. The van der Waals surface area contributed by atoms with Crippen molar-refractivity contribution in [2.45, 2.75) is 59.2 Å². The Kier molecular flexibility index (Phi) is 10.8. The lowest BCUT2D eigenvalue weighted by Crippen LogP contribution is -2.18. The topological polar surface area (TPSA) is 154 Å². The van der Waals surface area contributed by atoms with Crippen LogP contribution in [0.25, 0.3) is 33.4 Å². The fourth-order valence-corrected chi connectivity index (χ4v) is 6.50. The van der Waals surface area contributed by atoms with Crippen LogP contribution >= 0.6 is 31.9 Å². The van der Waals surface area contributed by atoms with E-state index < -0.39 is 24.1 Å². The molecule has 6 rings (SSSR count). The Morgan fingerprint density at radius 1 is 0.660 bits per heavy atom. The predicted octanol–water partition coefficient (Wildman–Crippen LogP) is 7.78. The van der Waals surface area contributed by atoms with Gasteiger partial charge >= 0.3 is 11.9 Å². The van der Waals surface area contributed by atoms with Crippen LogP contribution in [0.4, 0.5) is 0 Å². The van der Waals surface area contributed by atoms with Gasteiger partial charge in [-0.2, -0.15) is 0 Å². The minimum atomic E-state index is -0.531. The molecule has 6 aromatic rings. The molecule has 0 aliphatic carbocycles. The number of carbonyl (C=O) groups excluding carboxylic acids is 2. The van der Waals surface area contributed by atoms with Crippen molar-refractivity contribution in [1.29, 1.82) is 0 Å². The maximum absolute atomic E-state index is 12.3. The molecule has 2 unspecified atom stereocenters. The summed E-state index contributed by atoms with van der Waals surface area (Å²) in [4.78, 5) is 27.4. The largest absolute Gasteiger partial charge is 0.505 e. The molecule has 0 saturated heterocycles. The van der Waals surface area contributed by atoms with Gasteiger partial charge in [0.1, 0.15) is 57.1 Å². The standard InChI is InChI=1S/C39H36Br2N6O6/c1-20(2)38(50)52-22(5)11-24-13-26(36(48)34(15-24)46-42-30-9-7-28(40)18-32(30)44-46)17-27-14-25(12-23(6)53-39(51)21(3)4)16-35(37(27)49)47-43-31-10-8-29(41)19-33(31)45-47/h7-10,13-16,18-19,22-23,48-49H,1,3,11-12,17H2,2,4-6H3. The maximum atomic E-state index is 12.3. The smallest absolute Gasteiger partial charge is 0.333 e. The highest BCUT2D eigenvalue weighted by molar-refractivity contribution is 9.10. The van der Waals surface area contributed by atoms with Gasteiger partial charge in [-0.05, 0) is 87.4 Å². The Labute approximate surface area is 322 Å². The highest BCUT2D eigenvalue weighted by Gasteiger charge is 2.22. The number of fused-ring (bicyclic) bond motifs is 2. The van der Waals surface area contributed by atoms with Crippen molar-refractivity contribution in [2.24, 2.45) is 0 Å². The van der Waals surface area contributed by atoms with E-state index in [1.165, 1.54) is 9.59 Å². The monoisotopic (exact) mass is 842 g/mol.